The molecule has 8 aromatic carbocycles. The van der Waals surface area contributed by atoms with Crippen LogP contribution in [0.15, 0.2) is 174 Å². The van der Waals surface area contributed by atoms with Gasteiger partial charge in [0.25, 0.3) is 0 Å². The first-order chi connectivity index (χ1) is 25.7. The molecule has 242 valence electrons. The Labute approximate surface area is 298 Å². The highest BCUT2D eigenvalue weighted by Gasteiger charge is 2.22. The summed E-state index contributed by atoms with van der Waals surface area (Å²) in [5, 5.41) is 9.08. The summed E-state index contributed by atoms with van der Waals surface area (Å²) in [4.78, 5) is 15.5. The van der Waals surface area contributed by atoms with Gasteiger partial charge >= 0.3 is 0 Å². The smallest absolute Gasteiger partial charge is 0.164 e. The minimum Gasteiger partial charge on any atom is -0.456 e. The van der Waals surface area contributed by atoms with E-state index in [1.165, 1.54) is 26.9 Å². The highest BCUT2D eigenvalue weighted by molar-refractivity contribution is 6.15. The molecular formula is C47H28N4O. The molecule has 11 aromatic rings. The van der Waals surface area contributed by atoms with E-state index in [1.54, 1.807) is 0 Å². The number of hydrogen-bond acceptors (Lipinski definition) is 4. The number of aromatic nitrogens is 4. The summed E-state index contributed by atoms with van der Waals surface area (Å²) >= 11 is 0. The van der Waals surface area contributed by atoms with Crippen LogP contribution in [0.1, 0.15) is 0 Å². The third-order valence-corrected chi connectivity index (χ3v) is 10.2. The Morgan fingerprint density at radius 3 is 1.85 bits per heavy atom. The van der Waals surface area contributed by atoms with Crippen molar-refractivity contribution < 1.29 is 4.42 Å². The van der Waals surface area contributed by atoms with Crippen LogP contribution in [0.2, 0.25) is 0 Å². The van der Waals surface area contributed by atoms with Crippen LogP contribution >= 0.6 is 0 Å². The molecule has 52 heavy (non-hydrogen) atoms. The first kappa shape index (κ1) is 28.7. The maximum Gasteiger partial charge on any atom is 0.164 e. The molecule has 0 aliphatic carbocycles. The van der Waals surface area contributed by atoms with E-state index in [2.05, 4.69) is 132 Å². The maximum absolute atomic E-state index is 6.64. The summed E-state index contributed by atoms with van der Waals surface area (Å²) in [7, 11) is 0. The van der Waals surface area contributed by atoms with Gasteiger partial charge in [-0.1, -0.05) is 127 Å². The Morgan fingerprint density at radius 1 is 0.385 bits per heavy atom. The number of rotatable bonds is 4. The summed E-state index contributed by atoms with van der Waals surface area (Å²) < 4.78 is 8.99. The summed E-state index contributed by atoms with van der Waals surface area (Å²) in [6.07, 6.45) is 0. The Balaban J connectivity index is 1.24. The van der Waals surface area contributed by atoms with Crippen LogP contribution in [-0.2, 0) is 0 Å². The van der Waals surface area contributed by atoms with E-state index in [9.17, 15) is 0 Å². The van der Waals surface area contributed by atoms with Crippen molar-refractivity contribution in [1.82, 2.24) is 19.5 Å². The third-order valence-electron chi connectivity index (χ3n) is 10.2. The van der Waals surface area contributed by atoms with Gasteiger partial charge in [-0.05, 0) is 57.9 Å². The van der Waals surface area contributed by atoms with Gasteiger partial charge in [0, 0.05) is 44.3 Å². The van der Waals surface area contributed by atoms with E-state index in [1.807, 2.05) is 42.5 Å². The van der Waals surface area contributed by atoms with Crippen molar-refractivity contribution in [2.45, 2.75) is 0 Å². The highest BCUT2D eigenvalue weighted by Crippen LogP contribution is 2.41. The summed E-state index contributed by atoms with van der Waals surface area (Å²) in [6, 6.07) is 59.2. The fourth-order valence-corrected chi connectivity index (χ4v) is 7.75. The van der Waals surface area contributed by atoms with Crippen molar-refractivity contribution in [3.05, 3.63) is 170 Å². The molecule has 3 aromatic heterocycles. The van der Waals surface area contributed by atoms with E-state index in [4.69, 9.17) is 19.4 Å². The zero-order chi connectivity index (χ0) is 34.2. The Hall–Kier alpha value is -7.11. The molecule has 0 amide bonds. The van der Waals surface area contributed by atoms with E-state index in [0.29, 0.717) is 17.5 Å². The lowest BCUT2D eigenvalue weighted by Crippen LogP contribution is -2.01. The van der Waals surface area contributed by atoms with Gasteiger partial charge in [-0.2, -0.15) is 0 Å². The largest absolute Gasteiger partial charge is 0.456 e. The second-order valence-corrected chi connectivity index (χ2v) is 13.3. The maximum atomic E-state index is 6.64. The van der Waals surface area contributed by atoms with Gasteiger partial charge in [0.2, 0.25) is 0 Å². The van der Waals surface area contributed by atoms with Crippen molar-refractivity contribution in [2.75, 3.05) is 0 Å². The molecule has 0 aliphatic rings. The van der Waals surface area contributed by atoms with Gasteiger partial charge in [0.1, 0.15) is 11.2 Å². The summed E-state index contributed by atoms with van der Waals surface area (Å²) in [6.45, 7) is 0. The van der Waals surface area contributed by atoms with Crippen molar-refractivity contribution in [3.63, 3.8) is 0 Å². The van der Waals surface area contributed by atoms with Gasteiger partial charge in [0.05, 0.1) is 16.7 Å². The average molecular weight is 665 g/mol. The standard InChI is InChI=1S/C47H28N4O/c1-2-13-30(14-3-1)45-48-46(34-23-22-29-12-4-5-15-31(29)24-34)50-47(49-45)39-27-35(28-43-44(39)37-19-9-11-21-42(37)52-43)51-40-20-10-8-18-36(40)38-25-32-16-6-7-17-33(32)26-41(38)51/h1-28H. The highest BCUT2D eigenvalue weighted by atomic mass is 16.3. The second-order valence-electron chi connectivity index (χ2n) is 13.3. The number of furan rings is 1. The van der Waals surface area contributed by atoms with Crippen LogP contribution in [0.5, 0.6) is 0 Å². The molecule has 0 unspecified atom stereocenters. The third kappa shape index (κ3) is 4.46. The van der Waals surface area contributed by atoms with Crippen LogP contribution in [0, 0.1) is 0 Å². The molecule has 0 N–H and O–H groups in total. The van der Waals surface area contributed by atoms with Gasteiger partial charge in [-0.3, -0.25) is 0 Å². The fourth-order valence-electron chi connectivity index (χ4n) is 7.75. The minimum atomic E-state index is 0.585. The van der Waals surface area contributed by atoms with Gasteiger partial charge in [0.15, 0.2) is 17.5 Å². The number of benzene rings is 8. The lowest BCUT2D eigenvalue weighted by molar-refractivity contribution is 0.668. The monoisotopic (exact) mass is 664 g/mol. The van der Waals surface area contributed by atoms with Crippen molar-refractivity contribution in [3.8, 4) is 39.9 Å². The lowest BCUT2D eigenvalue weighted by atomic mass is 10.0. The molecule has 5 heteroatoms. The molecule has 0 atom stereocenters. The molecule has 0 saturated heterocycles. The molecule has 3 heterocycles. The summed E-state index contributed by atoms with van der Waals surface area (Å²) in [5.74, 6) is 1.81. The van der Waals surface area contributed by atoms with Crippen LogP contribution in [0.4, 0.5) is 0 Å². The first-order valence-electron chi connectivity index (χ1n) is 17.4. The predicted molar refractivity (Wildman–Crippen MR) is 213 cm³/mol. The van der Waals surface area contributed by atoms with Crippen molar-refractivity contribution in [1.29, 1.82) is 0 Å². The number of para-hydroxylation sites is 2. The molecule has 0 fully saturated rings. The predicted octanol–water partition coefficient (Wildman–Crippen LogP) is 12.2. The first-order valence-corrected chi connectivity index (χ1v) is 17.4. The average Bonchev–Trinajstić information content (AvgIpc) is 3.75. The van der Waals surface area contributed by atoms with Gasteiger partial charge in [-0.15, -0.1) is 0 Å². The Bertz CT molecular complexity index is 3190. The van der Waals surface area contributed by atoms with E-state index in [0.717, 1.165) is 60.7 Å². The fraction of sp³-hybridized carbons (Fsp3) is 0. The van der Waals surface area contributed by atoms with E-state index < -0.39 is 0 Å². The SMILES string of the molecule is c1ccc(-c2nc(-c3ccc4ccccc4c3)nc(-c3cc(-n4c5ccccc5c5cc6ccccc6cc54)cc4oc5ccccc5c34)n2)cc1. The Morgan fingerprint density at radius 2 is 1.02 bits per heavy atom. The quantitative estimate of drug-likeness (QED) is 0.188. The number of fused-ring (bicyclic) bond motifs is 8. The molecule has 0 radical (unpaired) electrons. The summed E-state index contributed by atoms with van der Waals surface area (Å²) in [5.41, 5.74) is 7.53. The lowest BCUT2D eigenvalue weighted by Gasteiger charge is -2.13. The van der Waals surface area contributed by atoms with Crippen molar-refractivity contribution in [2.24, 2.45) is 0 Å². The molecule has 11 rings (SSSR count). The molecule has 0 saturated carbocycles. The molecule has 0 aliphatic heterocycles. The normalized spacial score (nSPS) is 11.8. The van der Waals surface area contributed by atoms with E-state index in [-0.39, 0.29) is 0 Å². The van der Waals surface area contributed by atoms with Crippen LogP contribution in [0.3, 0.4) is 0 Å². The number of hydrogen-bond donors (Lipinski definition) is 0. The van der Waals surface area contributed by atoms with E-state index >= 15 is 0 Å². The molecule has 5 nitrogen and oxygen atoms in total. The van der Waals surface area contributed by atoms with Crippen molar-refractivity contribution >= 4 is 65.3 Å². The van der Waals surface area contributed by atoms with Gasteiger partial charge < -0.3 is 8.98 Å². The Kier molecular flexibility index (Phi) is 6.18. The van der Waals surface area contributed by atoms with Gasteiger partial charge in [-0.25, -0.2) is 15.0 Å². The second kappa shape index (κ2) is 11.2. The topological polar surface area (TPSA) is 56.7 Å². The zero-order valence-corrected chi connectivity index (χ0v) is 27.9. The molecular weight excluding hydrogens is 637 g/mol. The minimum absolute atomic E-state index is 0.585. The van der Waals surface area contributed by atoms with Crippen LogP contribution in [-0.4, -0.2) is 19.5 Å². The van der Waals surface area contributed by atoms with Crippen LogP contribution in [0.25, 0.3) is 105 Å². The molecule has 0 bridgehead atoms. The number of nitrogens with zero attached hydrogens (tertiary/aromatic N) is 4. The zero-order valence-electron chi connectivity index (χ0n) is 27.9. The van der Waals surface area contributed by atoms with Crippen LogP contribution < -0.4 is 0 Å². The molecule has 0 spiro atoms.